The highest BCUT2D eigenvalue weighted by atomic mass is 16.5. The lowest BCUT2D eigenvalue weighted by Crippen LogP contribution is -3.13. The van der Waals surface area contributed by atoms with Gasteiger partial charge in [0.05, 0.1) is 40.4 Å². The lowest BCUT2D eigenvalue weighted by atomic mass is 10.0. The number of ether oxygens (including phenoxy) is 2. The van der Waals surface area contributed by atoms with Crippen molar-refractivity contribution in [3.8, 4) is 11.5 Å². The molecular weight excluding hydrogens is 364 g/mol. The standard InChI is InChI=1S/C24H26N2O3/c1-28-20-11-10-19(23(16-20)29-2)17-25-12-14-26(15-13-25)24(27)22-9-5-7-18-6-3-4-8-21(18)22/h3-11,16H,12-15,17H2,1-2H3/p+1. The minimum Gasteiger partial charge on any atom is -0.497 e. The van der Waals surface area contributed by atoms with Gasteiger partial charge in [-0.15, -0.1) is 0 Å². The molecule has 1 aliphatic heterocycles. The molecule has 1 heterocycles. The van der Waals surface area contributed by atoms with Crippen LogP contribution in [0.4, 0.5) is 0 Å². The predicted octanol–water partition coefficient (Wildman–Crippen LogP) is 2.40. The number of quaternary nitrogens is 1. The Balaban J connectivity index is 1.42. The molecule has 0 spiro atoms. The van der Waals surface area contributed by atoms with Gasteiger partial charge in [0.25, 0.3) is 5.91 Å². The number of hydrogen-bond donors (Lipinski definition) is 1. The van der Waals surface area contributed by atoms with Gasteiger partial charge in [-0.05, 0) is 29.0 Å². The van der Waals surface area contributed by atoms with E-state index in [1.807, 2.05) is 47.4 Å². The SMILES string of the molecule is COc1ccc(C[NH+]2CCN(C(=O)c3cccc4ccccc34)CC2)c(OC)c1. The van der Waals surface area contributed by atoms with E-state index in [1.165, 1.54) is 4.90 Å². The van der Waals surface area contributed by atoms with Crippen LogP contribution in [0.15, 0.2) is 60.7 Å². The number of amides is 1. The molecule has 0 aliphatic carbocycles. The summed E-state index contributed by atoms with van der Waals surface area (Å²) in [6.45, 7) is 4.24. The molecule has 29 heavy (non-hydrogen) atoms. The summed E-state index contributed by atoms with van der Waals surface area (Å²) in [5.74, 6) is 1.78. The second-order valence-corrected chi connectivity index (χ2v) is 7.42. The first-order valence-electron chi connectivity index (χ1n) is 10.0. The molecule has 0 unspecified atom stereocenters. The lowest BCUT2D eigenvalue weighted by molar-refractivity contribution is -0.917. The van der Waals surface area contributed by atoms with Gasteiger partial charge >= 0.3 is 0 Å². The maximum atomic E-state index is 13.1. The van der Waals surface area contributed by atoms with Crippen LogP contribution in [0.5, 0.6) is 11.5 Å². The van der Waals surface area contributed by atoms with Gasteiger partial charge < -0.3 is 19.3 Å². The molecule has 0 bridgehead atoms. The molecule has 0 saturated carbocycles. The number of nitrogens with zero attached hydrogens (tertiary/aromatic N) is 1. The quantitative estimate of drug-likeness (QED) is 0.726. The van der Waals surface area contributed by atoms with Crippen molar-refractivity contribution in [3.63, 3.8) is 0 Å². The smallest absolute Gasteiger partial charge is 0.254 e. The molecule has 1 N–H and O–H groups in total. The van der Waals surface area contributed by atoms with Crippen molar-refractivity contribution in [2.24, 2.45) is 0 Å². The molecular formula is C24H27N2O3+. The average molecular weight is 391 g/mol. The van der Waals surface area contributed by atoms with E-state index in [2.05, 4.69) is 18.2 Å². The van der Waals surface area contributed by atoms with E-state index in [9.17, 15) is 4.79 Å². The van der Waals surface area contributed by atoms with Crippen molar-refractivity contribution < 1.29 is 19.2 Å². The van der Waals surface area contributed by atoms with Gasteiger partial charge in [-0.3, -0.25) is 4.79 Å². The second-order valence-electron chi connectivity index (χ2n) is 7.42. The van der Waals surface area contributed by atoms with Gasteiger partial charge in [-0.2, -0.15) is 0 Å². The van der Waals surface area contributed by atoms with E-state index < -0.39 is 0 Å². The summed E-state index contributed by atoms with van der Waals surface area (Å²) in [5.41, 5.74) is 1.96. The summed E-state index contributed by atoms with van der Waals surface area (Å²) >= 11 is 0. The molecule has 1 fully saturated rings. The van der Waals surface area contributed by atoms with Gasteiger partial charge in [0.15, 0.2) is 0 Å². The number of carbonyl (C=O) groups is 1. The molecule has 0 radical (unpaired) electrons. The summed E-state index contributed by atoms with van der Waals surface area (Å²) < 4.78 is 10.8. The third kappa shape index (κ3) is 4.05. The first-order chi connectivity index (χ1) is 14.2. The van der Waals surface area contributed by atoms with Crippen molar-refractivity contribution in [3.05, 3.63) is 71.8 Å². The van der Waals surface area contributed by atoms with E-state index in [0.717, 1.165) is 66.1 Å². The van der Waals surface area contributed by atoms with E-state index in [-0.39, 0.29) is 5.91 Å². The zero-order valence-electron chi connectivity index (χ0n) is 17.0. The Kier molecular flexibility index (Phi) is 5.67. The van der Waals surface area contributed by atoms with Crippen molar-refractivity contribution in [2.75, 3.05) is 40.4 Å². The lowest BCUT2D eigenvalue weighted by Gasteiger charge is -2.32. The van der Waals surface area contributed by atoms with Crippen molar-refractivity contribution in [1.82, 2.24) is 4.90 Å². The van der Waals surface area contributed by atoms with Crippen molar-refractivity contribution >= 4 is 16.7 Å². The van der Waals surface area contributed by atoms with E-state index in [4.69, 9.17) is 9.47 Å². The number of rotatable bonds is 5. The maximum absolute atomic E-state index is 13.1. The fourth-order valence-corrected chi connectivity index (χ4v) is 4.05. The van der Waals surface area contributed by atoms with Gasteiger partial charge in [-0.1, -0.05) is 36.4 Å². The number of hydrogen-bond acceptors (Lipinski definition) is 3. The van der Waals surface area contributed by atoms with E-state index >= 15 is 0 Å². The first kappa shape index (κ1) is 19.3. The number of nitrogens with one attached hydrogen (secondary N) is 1. The Morgan fingerprint density at radius 3 is 2.48 bits per heavy atom. The molecule has 3 aromatic rings. The molecule has 1 amide bonds. The van der Waals surface area contributed by atoms with Gasteiger partial charge in [0, 0.05) is 17.2 Å². The molecule has 1 aliphatic rings. The number of methoxy groups -OCH3 is 2. The Morgan fingerprint density at radius 2 is 1.72 bits per heavy atom. The number of carbonyl (C=O) groups excluding carboxylic acids is 1. The highest BCUT2D eigenvalue weighted by molar-refractivity contribution is 6.07. The molecule has 5 heteroatoms. The van der Waals surface area contributed by atoms with Crippen molar-refractivity contribution in [1.29, 1.82) is 0 Å². The Bertz CT molecular complexity index is 1000. The first-order valence-corrected chi connectivity index (χ1v) is 10.0. The largest absolute Gasteiger partial charge is 0.497 e. The third-order valence-corrected chi connectivity index (χ3v) is 5.71. The van der Waals surface area contributed by atoms with Gasteiger partial charge in [0.1, 0.15) is 18.0 Å². The average Bonchev–Trinajstić information content (AvgIpc) is 2.79. The predicted molar refractivity (Wildman–Crippen MR) is 114 cm³/mol. The molecule has 150 valence electrons. The Hall–Kier alpha value is -3.05. The molecule has 4 rings (SSSR count). The zero-order valence-corrected chi connectivity index (χ0v) is 17.0. The molecule has 3 aromatic carbocycles. The van der Waals surface area contributed by atoms with E-state index in [1.54, 1.807) is 14.2 Å². The normalized spacial score (nSPS) is 14.8. The van der Waals surface area contributed by atoms with E-state index in [0.29, 0.717) is 0 Å². The Morgan fingerprint density at radius 1 is 0.966 bits per heavy atom. The maximum Gasteiger partial charge on any atom is 0.254 e. The second kappa shape index (κ2) is 8.53. The molecule has 0 aromatic heterocycles. The molecule has 5 nitrogen and oxygen atoms in total. The fourth-order valence-electron chi connectivity index (χ4n) is 4.05. The Labute approximate surface area is 171 Å². The number of piperazine rings is 1. The van der Waals surface area contributed by atoms with Crippen LogP contribution in [0.3, 0.4) is 0 Å². The monoisotopic (exact) mass is 391 g/mol. The van der Waals surface area contributed by atoms with Crippen LogP contribution in [0.25, 0.3) is 10.8 Å². The summed E-state index contributed by atoms with van der Waals surface area (Å²) in [5, 5.41) is 2.13. The van der Waals surface area contributed by atoms with Crippen LogP contribution in [-0.4, -0.2) is 51.2 Å². The van der Waals surface area contributed by atoms with Gasteiger partial charge in [0.2, 0.25) is 0 Å². The molecule has 0 atom stereocenters. The fraction of sp³-hybridized carbons (Fsp3) is 0.292. The highest BCUT2D eigenvalue weighted by Gasteiger charge is 2.26. The summed E-state index contributed by atoms with van der Waals surface area (Å²) in [4.78, 5) is 16.6. The van der Waals surface area contributed by atoms with Crippen LogP contribution >= 0.6 is 0 Å². The van der Waals surface area contributed by atoms with Crippen LogP contribution in [-0.2, 0) is 6.54 Å². The van der Waals surface area contributed by atoms with Gasteiger partial charge in [-0.25, -0.2) is 0 Å². The number of fused-ring (bicyclic) bond motifs is 1. The minimum absolute atomic E-state index is 0.128. The summed E-state index contributed by atoms with van der Waals surface area (Å²) in [7, 11) is 3.35. The highest BCUT2D eigenvalue weighted by Crippen LogP contribution is 2.24. The van der Waals surface area contributed by atoms with Crippen LogP contribution in [0.2, 0.25) is 0 Å². The number of benzene rings is 3. The third-order valence-electron chi connectivity index (χ3n) is 5.71. The molecule has 1 saturated heterocycles. The van der Waals surface area contributed by atoms with Crippen LogP contribution in [0.1, 0.15) is 15.9 Å². The summed E-state index contributed by atoms with van der Waals surface area (Å²) in [6.07, 6.45) is 0. The zero-order chi connectivity index (χ0) is 20.2. The van der Waals surface area contributed by atoms with Crippen molar-refractivity contribution in [2.45, 2.75) is 6.54 Å². The minimum atomic E-state index is 0.128. The van der Waals surface area contributed by atoms with Crippen LogP contribution in [0, 0.1) is 0 Å². The summed E-state index contributed by atoms with van der Waals surface area (Å²) in [6, 6.07) is 20.0. The van der Waals surface area contributed by atoms with Crippen LogP contribution < -0.4 is 14.4 Å². The topological polar surface area (TPSA) is 43.2 Å².